The molecule has 10 nitrogen and oxygen atoms in total. The Morgan fingerprint density at radius 3 is 1.63 bits per heavy atom. The van der Waals surface area contributed by atoms with Gasteiger partial charge in [0.1, 0.15) is 12.7 Å². The molecule has 3 atom stereocenters. The number of phosphoric acid groups is 1. The molecule has 0 aliphatic rings. The van der Waals surface area contributed by atoms with Crippen molar-refractivity contribution in [3.05, 3.63) is 48.6 Å². The molecule has 0 aliphatic heterocycles. The lowest BCUT2D eigenvalue weighted by atomic mass is 10.1. The predicted octanol–water partition coefficient (Wildman–Crippen LogP) is 8.99. The van der Waals surface area contributed by atoms with Crippen molar-refractivity contribution >= 4 is 19.8 Å². The molecule has 0 aromatic heterocycles. The van der Waals surface area contributed by atoms with Crippen molar-refractivity contribution in [3.8, 4) is 0 Å². The monoisotopic (exact) mass is 714 g/mol. The maximum absolute atomic E-state index is 12.4. The molecule has 0 saturated carbocycles. The molecule has 0 saturated heterocycles. The largest absolute Gasteiger partial charge is 0.472 e. The summed E-state index contributed by atoms with van der Waals surface area (Å²) in [4.78, 5) is 34.6. The molecule has 11 heteroatoms. The number of hydrogen-bond donors (Lipinski definition) is 3. The highest BCUT2D eigenvalue weighted by Gasteiger charge is 2.27. The number of allylic oxidation sites excluding steroid dienone is 8. The van der Waals surface area contributed by atoms with Gasteiger partial charge in [-0.2, -0.15) is 0 Å². The third-order valence-corrected chi connectivity index (χ3v) is 8.44. The van der Waals surface area contributed by atoms with E-state index in [0.29, 0.717) is 12.8 Å². The summed E-state index contributed by atoms with van der Waals surface area (Å²) in [7, 11) is -4.61. The maximum atomic E-state index is 12.4. The van der Waals surface area contributed by atoms with Gasteiger partial charge >= 0.3 is 19.8 Å². The van der Waals surface area contributed by atoms with E-state index in [4.69, 9.17) is 19.1 Å². The van der Waals surface area contributed by atoms with E-state index in [0.717, 1.165) is 57.8 Å². The second-order valence-electron chi connectivity index (χ2n) is 12.3. The average Bonchev–Trinajstić information content (AvgIpc) is 3.09. The van der Waals surface area contributed by atoms with Gasteiger partial charge in [-0.15, -0.1) is 0 Å². The van der Waals surface area contributed by atoms with Crippen molar-refractivity contribution in [1.82, 2.24) is 0 Å². The van der Waals surface area contributed by atoms with Crippen molar-refractivity contribution in [3.63, 3.8) is 0 Å². The summed E-state index contributed by atoms with van der Waals surface area (Å²) in [5.74, 6) is -0.972. The molecule has 0 aliphatic carbocycles. The van der Waals surface area contributed by atoms with Gasteiger partial charge in [0.05, 0.1) is 19.8 Å². The molecule has 0 rings (SSSR count). The summed E-state index contributed by atoms with van der Waals surface area (Å²) in [6, 6.07) is 0. The van der Waals surface area contributed by atoms with Gasteiger partial charge in [-0.25, -0.2) is 4.57 Å². The van der Waals surface area contributed by atoms with Crippen LogP contribution in [-0.4, -0.2) is 65.7 Å². The van der Waals surface area contributed by atoms with E-state index < -0.39 is 51.8 Å². The van der Waals surface area contributed by atoms with E-state index in [1.807, 2.05) is 0 Å². The number of rotatable bonds is 34. The second kappa shape index (κ2) is 34.4. The molecule has 284 valence electrons. The quantitative estimate of drug-likeness (QED) is 0.0255. The number of phosphoric ester groups is 1. The van der Waals surface area contributed by atoms with E-state index in [-0.39, 0.29) is 19.4 Å². The van der Waals surface area contributed by atoms with Crippen LogP contribution in [0.25, 0.3) is 0 Å². The Morgan fingerprint density at radius 2 is 1.06 bits per heavy atom. The van der Waals surface area contributed by atoms with Crippen LogP contribution < -0.4 is 0 Å². The molecule has 0 aromatic carbocycles. The van der Waals surface area contributed by atoms with Crippen LogP contribution in [0.15, 0.2) is 48.6 Å². The Kier molecular flexibility index (Phi) is 32.9. The van der Waals surface area contributed by atoms with Crippen molar-refractivity contribution in [1.29, 1.82) is 0 Å². The number of hydrogen-bond acceptors (Lipinski definition) is 9. The zero-order valence-electron chi connectivity index (χ0n) is 30.4. The smallest absolute Gasteiger partial charge is 0.462 e. The van der Waals surface area contributed by atoms with Crippen LogP contribution in [0.1, 0.15) is 142 Å². The predicted molar refractivity (Wildman–Crippen MR) is 196 cm³/mol. The Bertz CT molecular complexity index is 962. The van der Waals surface area contributed by atoms with Gasteiger partial charge in [0.15, 0.2) is 6.10 Å². The lowest BCUT2D eigenvalue weighted by Gasteiger charge is -2.20. The van der Waals surface area contributed by atoms with Gasteiger partial charge < -0.3 is 24.6 Å². The second-order valence-corrected chi connectivity index (χ2v) is 13.7. The Morgan fingerprint density at radius 1 is 0.612 bits per heavy atom. The van der Waals surface area contributed by atoms with Crippen LogP contribution >= 0.6 is 7.82 Å². The fourth-order valence-corrected chi connectivity index (χ4v) is 5.35. The highest BCUT2D eigenvalue weighted by atomic mass is 31.2. The first-order valence-electron chi connectivity index (χ1n) is 18.6. The molecule has 1 unspecified atom stereocenters. The molecular formula is C38H67O10P. The van der Waals surface area contributed by atoms with Gasteiger partial charge in [-0.3, -0.25) is 18.6 Å². The van der Waals surface area contributed by atoms with Crippen molar-refractivity contribution in [2.45, 2.75) is 154 Å². The fraction of sp³-hybridized carbons (Fsp3) is 0.737. The number of aliphatic hydroxyl groups is 2. The maximum Gasteiger partial charge on any atom is 0.472 e. The Labute approximate surface area is 296 Å². The minimum absolute atomic E-state index is 0.174. The van der Waals surface area contributed by atoms with Crippen LogP contribution in [0.3, 0.4) is 0 Å². The third kappa shape index (κ3) is 34.2. The Hall–Kier alpha value is -2.07. The first-order valence-corrected chi connectivity index (χ1v) is 20.1. The topological polar surface area (TPSA) is 149 Å². The number of carbonyl (C=O) groups is 2. The van der Waals surface area contributed by atoms with Gasteiger partial charge in [0, 0.05) is 12.8 Å². The van der Waals surface area contributed by atoms with Crippen molar-refractivity contribution in [2.24, 2.45) is 0 Å². The molecule has 0 amide bonds. The minimum Gasteiger partial charge on any atom is -0.462 e. The highest BCUT2D eigenvalue weighted by molar-refractivity contribution is 7.47. The van der Waals surface area contributed by atoms with Crippen LogP contribution in [0.4, 0.5) is 0 Å². The van der Waals surface area contributed by atoms with Crippen LogP contribution in [-0.2, 0) is 32.7 Å². The molecule has 0 heterocycles. The number of ether oxygens (including phenoxy) is 2. The Balaban J connectivity index is 4.34. The van der Waals surface area contributed by atoms with E-state index >= 15 is 0 Å². The summed E-state index contributed by atoms with van der Waals surface area (Å²) in [5, 5.41) is 18.2. The van der Waals surface area contributed by atoms with Crippen molar-refractivity contribution in [2.75, 3.05) is 26.4 Å². The van der Waals surface area contributed by atoms with Crippen LogP contribution in [0, 0.1) is 0 Å². The van der Waals surface area contributed by atoms with Crippen LogP contribution in [0.5, 0.6) is 0 Å². The first-order chi connectivity index (χ1) is 23.7. The molecule has 0 spiro atoms. The first kappa shape index (κ1) is 46.9. The van der Waals surface area contributed by atoms with Crippen molar-refractivity contribution < 1.29 is 47.8 Å². The summed E-state index contributed by atoms with van der Waals surface area (Å²) in [6.07, 6.45) is 33.9. The molecule has 3 N–H and O–H groups in total. The molecular weight excluding hydrogens is 647 g/mol. The molecule has 0 bridgehead atoms. The zero-order chi connectivity index (χ0) is 36.3. The van der Waals surface area contributed by atoms with Gasteiger partial charge in [0.2, 0.25) is 0 Å². The van der Waals surface area contributed by atoms with Gasteiger partial charge in [-0.05, 0) is 57.8 Å². The lowest BCUT2D eigenvalue weighted by molar-refractivity contribution is -0.161. The number of esters is 2. The zero-order valence-corrected chi connectivity index (χ0v) is 31.3. The van der Waals surface area contributed by atoms with Gasteiger partial charge in [-0.1, -0.05) is 120 Å². The molecule has 0 fully saturated rings. The van der Waals surface area contributed by atoms with E-state index in [2.05, 4.69) is 67.0 Å². The number of unbranched alkanes of at least 4 members (excludes halogenated alkanes) is 12. The summed E-state index contributed by atoms with van der Waals surface area (Å²) in [6.45, 7) is 2.23. The average molecular weight is 715 g/mol. The lowest BCUT2D eigenvalue weighted by Crippen LogP contribution is -2.29. The summed E-state index contributed by atoms with van der Waals surface area (Å²) >= 11 is 0. The number of aliphatic hydroxyl groups excluding tert-OH is 2. The van der Waals surface area contributed by atoms with E-state index in [1.54, 1.807) is 0 Å². The normalized spacial score (nSPS) is 14.6. The molecule has 49 heavy (non-hydrogen) atoms. The van der Waals surface area contributed by atoms with E-state index in [9.17, 15) is 24.2 Å². The summed E-state index contributed by atoms with van der Waals surface area (Å²) < 4.78 is 32.4. The fourth-order valence-electron chi connectivity index (χ4n) is 4.56. The number of carbonyl (C=O) groups excluding carboxylic acids is 2. The third-order valence-electron chi connectivity index (χ3n) is 7.49. The molecule has 0 aromatic rings. The standard InChI is InChI=1S/C38H67O10P/c1-3-5-7-9-11-12-13-14-15-16-17-18-19-20-21-22-24-25-27-29-37(41)45-33-36(34-47-49(43,44)46-32-35(40)31-39)48-38(42)30-28-26-23-10-8-6-4-2/h11-12,14-15,17-18,20-21,35-36,39-40H,3-10,13,16,19,22-34H2,1-2H3,(H,43,44)/b12-11+,15-14+,18-17+,21-20+/t35-,36+/m1/s1. The molecule has 0 radical (unpaired) electrons. The highest BCUT2D eigenvalue weighted by Crippen LogP contribution is 2.43. The minimum atomic E-state index is -4.61. The summed E-state index contributed by atoms with van der Waals surface area (Å²) in [5.41, 5.74) is 0. The van der Waals surface area contributed by atoms with Gasteiger partial charge in [0.25, 0.3) is 0 Å². The SMILES string of the molecule is CCCCC/C=C/C/C=C/C/C=C/C/C=C/CCCCCC(=O)OC[C@@H](COP(=O)(O)OC[C@H](O)CO)OC(=O)CCCCCCCCC. The van der Waals surface area contributed by atoms with E-state index in [1.165, 1.54) is 44.9 Å². The van der Waals surface area contributed by atoms with Crippen LogP contribution in [0.2, 0.25) is 0 Å².